The molecule has 0 aromatic carbocycles. The predicted octanol–water partition coefficient (Wildman–Crippen LogP) is 0.853. The summed E-state index contributed by atoms with van der Waals surface area (Å²) in [5.74, 6) is 0. The minimum absolute atomic E-state index is 0.896. The molecule has 0 unspecified atom stereocenters. The molecule has 0 aliphatic heterocycles. The molecular weight excluding hydrogens is 125 g/mol. The number of nitrogens with zero attached hydrogens (tertiary/aromatic N) is 3. The first-order chi connectivity index (χ1) is 4.80. The molecular formula is C6H12BN3. The van der Waals surface area contributed by atoms with Gasteiger partial charge in [0.2, 0.25) is 0 Å². The summed E-state index contributed by atoms with van der Waals surface area (Å²) in [6.45, 7) is 7.79. The van der Waals surface area contributed by atoms with Crippen molar-refractivity contribution in [1.29, 1.82) is 0 Å². The molecule has 3 nitrogen and oxygen atoms in total. The van der Waals surface area contributed by atoms with Gasteiger partial charge in [-0.05, 0) is 0 Å². The second-order valence-electron chi connectivity index (χ2n) is 1.63. The Morgan fingerprint density at radius 3 is 2.00 bits per heavy atom. The zero-order valence-corrected chi connectivity index (χ0v) is 6.92. The summed E-state index contributed by atoms with van der Waals surface area (Å²) in [7, 11) is 1.45. The van der Waals surface area contributed by atoms with Gasteiger partial charge in [0.05, 0.1) is 0 Å². The third-order valence-corrected chi connectivity index (χ3v) is 1.03. The van der Waals surface area contributed by atoms with Crippen LogP contribution < -0.4 is 0 Å². The van der Waals surface area contributed by atoms with Gasteiger partial charge < -0.3 is 0 Å². The second-order valence-corrected chi connectivity index (χ2v) is 1.63. The molecule has 4 heteroatoms. The van der Waals surface area contributed by atoms with E-state index >= 15 is 0 Å². The molecule has 0 radical (unpaired) electrons. The van der Waals surface area contributed by atoms with E-state index in [-0.39, 0.29) is 0 Å². The minimum atomic E-state index is 0.896. The summed E-state index contributed by atoms with van der Waals surface area (Å²) in [4.78, 5) is 3.91. The Morgan fingerprint density at radius 2 is 1.70 bits per heavy atom. The first-order valence-electron chi connectivity index (χ1n) is 3.41. The first kappa shape index (κ1) is 9.20. The van der Waals surface area contributed by atoms with Crippen molar-refractivity contribution in [3.8, 4) is 0 Å². The summed E-state index contributed by atoms with van der Waals surface area (Å²) >= 11 is 0. The van der Waals surface area contributed by atoms with Crippen LogP contribution >= 0.6 is 0 Å². The molecule has 0 saturated carbocycles. The Bertz CT molecular complexity index is 169. The van der Waals surface area contributed by atoms with Crippen molar-refractivity contribution in [2.24, 2.45) is 0 Å². The number of hydrogen-bond acceptors (Lipinski definition) is 3. The SMILES string of the molecule is CC.Cc1nbnnc1C. The van der Waals surface area contributed by atoms with Crippen LogP contribution in [0.1, 0.15) is 25.2 Å². The van der Waals surface area contributed by atoms with Crippen molar-refractivity contribution >= 4 is 7.19 Å². The molecule has 1 aromatic rings. The van der Waals surface area contributed by atoms with Crippen LogP contribution in [0.5, 0.6) is 0 Å². The third-order valence-electron chi connectivity index (χ3n) is 1.03. The van der Waals surface area contributed by atoms with Gasteiger partial charge in [0, 0.05) is 0 Å². The third kappa shape index (κ3) is 2.66. The molecule has 0 N–H and O–H groups in total. The van der Waals surface area contributed by atoms with Gasteiger partial charge in [-0.1, -0.05) is 13.8 Å². The fourth-order valence-corrected chi connectivity index (χ4v) is 0.391. The van der Waals surface area contributed by atoms with Gasteiger partial charge in [-0.3, -0.25) is 0 Å². The van der Waals surface area contributed by atoms with Gasteiger partial charge in [-0.15, -0.1) is 0 Å². The van der Waals surface area contributed by atoms with Crippen LogP contribution in [0, 0.1) is 13.8 Å². The molecule has 54 valence electrons. The standard InChI is InChI=1S/C4H6BN3.C2H6/c1-3-4(2)7-8-5-6-3;1-2/h1-2H3;1-2H3. The van der Waals surface area contributed by atoms with Gasteiger partial charge in [-0.2, -0.15) is 0 Å². The van der Waals surface area contributed by atoms with Crippen molar-refractivity contribution in [2.45, 2.75) is 27.7 Å². The zero-order valence-electron chi connectivity index (χ0n) is 6.92. The van der Waals surface area contributed by atoms with E-state index in [1.54, 1.807) is 0 Å². The maximum absolute atomic E-state index is 3.91. The molecule has 0 amide bonds. The van der Waals surface area contributed by atoms with Crippen LogP contribution in [-0.4, -0.2) is 22.2 Å². The van der Waals surface area contributed by atoms with E-state index in [9.17, 15) is 0 Å². The van der Waals surface area contributed by atoms with Crippen LogP contribution in [0.15, 0.2) is 0 Å². The summed E-state index contributed by atoms with van der Waals surface area (Å²) in [5.41, 5.74) is 1.84. The van der Waals surface area contributed by atoms with Crippen molar-refractivity contribution in [2.75, 3.05) is 0 Å². The Morgan fingerprint density at radius 1 is 1.10 bits per heavy atom. The molecule has 1 aromatic heterocycles. The average molecular weight is 137 g/mol. The zero-order chi connectivity index (χ0) is 7.98. The summed E-state index contributed by atoms with van der Waals surface area (Å²) in [6.07, 6.45) is 0. The van der Waals surface area contributed by atoms with E-state index in [0.29, 0.717) is 0 Å². The molecule has 0 aliphatic carbocycles. The van der Waals surface area contributed by atoms with Crippen molar-refractivity contribution in [1.82, 2.24) is 15.0 Å². The van der Waals surface area contributed by atoms with E-state index < -0.39 is 0 Å². The second kappa shape index (κ2) is 5.03. The summed E-state index contributed by atoms with van der Waals surface area (Å²) in [6, 6.07) is 0. The van der Waals surface area contributed by atoms with Crippen LogP contribution in [0.4, 0.5) is 0 Å². The number of rotatable bonds is 0. The molecule has 0 aliphatic rings. The molecule has 1 heterocycles. The fourth-order valence-electron chi connectivity index (χ4n) is 0.391. The Balaban J connectivity index is 0.000000371. The summed E-state index contributed by atoms with van der Waals surface area (Å²) < 4.78 is 0. The molecule has 0 bridgehead atoms. The molecule has 0 atom stereocenters. The molecule has 10 heavy (non-hydrogen) atoms. The normalized spacial score (nSPS) is 7.60. The molecule has 0 spiro atoms. The predicted molar refractivity (Wildman–Crippen MR) is 42.0 cm³/mol. The molecule has 0 fully saturated rings. The molecule has 1 rings (SSSR count). The topological polar surface area (TPSA) is 38.7 Å². The van der Waals surface area contributed by atoms with Gasteiger partial charge >= 0.3 is 47.4 Å². The van der Waals surface area contributed by atoms with Gasteiger partial charge in [0.1, 0.15) is 0 Å². The van der Waals surface area contributed by atoms with Gasteiger partial charge in [0.15, 0.2) is 0 Å². The van der Waals surface area contributed by atoms with E-state index in [0.717, 1.165) is 11.4 Å². The average Bonchev–Trinajstić information content (AvgIpc) is 2.00. The van der Waals surface area contributed by atoms with Crippen molar-refractivity contribution in [3.63, 3.8) is 0 Å². The number of hydrogen-bond donors (Lipinski definition) is 0. The fraction of sp³-hybridized carbons (Fsp3) is 0.667. The maximum atomic E-state index is 3.91. The van der Waals surface area contributed by atoms with Crippen LogP contribution in [0.2, 0.25) is 0 Å². The van der Waals surface area contributed by atoms with Crippen molar-refractivity contribution in [3.05, 3.63) is 11.4 Å². The Hall–Kier alpha value is -0.795. The van der Waals surface area contributed by atoms with Crippen molar-refractivity contribution < 1.29 is 0 Å². The Kier molecular flexibility index (Phi) is 4.63. The molecule has 0 saturated heterocycles. The summed E-state index contributed by atoms with van der Waals surface area (Å²) in [5, 5.41) is 7.35. The van der Waals surface area contributed by atoms with Crippen LogP contribution in [0.25, 0.3) is 0 Å². The van der Waals surface area contributed by atoms with E-state index in [2.05, 4.69) is 15.0 Å². The number of aromatic nitrogens is 3. The Labute approximate surface area is 62.2 Å². The van der Waals surface area contributed by atoms with Crippen LogP contribution in [0.3, 0.4) is 0 Å². The van der Waals surface area contributed by atoms with E-state index in [1.165, 1.54) is 7.19 Å². The monoisotopic (exact) mass is 137 g/mol. The number of aryl methyl sites for hydroxylation is 2. The van der Waals surface area contributed by atoms with Gasteiger partial charge in [-0.25, -0.2) is 0 Å². The van der Waals surface area contributed by atoms with E-state index in [1.807, 2.05) is 27.7 Å². The van der Waals surface area contributed by atoms with Gasteiger partial charge in [0.25, 0.3) is 0 Å². The van der Waals surface area contributed by atoms with Crippen LogP contribution in [-0.2, 0) is 0 Å². The quantitative estimate of drug-likeness (QED) is 0.532. The van der Waals surface area contributed by atoms with E-state index in [4.69, 9.17) is 0 Å². The first-order valence-corrected chi connectivity index (χ1v) is 3.41.